The standard InChI is InChI=1S/C18H17F2N5O2S/c19-15-4-3-14(13-16(15)20)28(26,27)25-11-9-24(10-12-25)18-6-5-17(21-22-18)23-7-1-2-8-23/h1-8,13H,9-12H2. The topological polar surface area (TPSA) is 71.3 Å². The molecule has 0 saturated carbocycles. The maximum atomic E-state index is 13.4. The molecule has 4 rings (SSSR count). The highest BCUT2D eigenvalue weighted by molar-refractivity contribution is 7.89. The zero-order valence-corrected chi connectivity index (χ0v) is 15.6. The average molecular weight is 405 g/mol. The predicted octanol–water partition coefficient (Wildman–Crippen LogP) is 2.06. The summed E-state index contributed by atoms with van der Waals surface area (Å²) in [5.41, 5.74) is 0. The molecule has 0 bridgehead atoms. The molecule has 2 aromatic heterocycles. The SMILES string of the molecule is O=S(=O)(c1ccc(F)c(F)c1)N1CCN(c2ccc(-n3cccc3)nn2)CC1. The van der Waals surface area contributed by atoms with E-state index < -0.39 is 21.7 Å². The molecule has 0 N–H and O–H groups in total. The fourth-order valence-corrected chi connectivity index (χ4v) is 4.49. The van der Waals surface area contributed by atoms with Crippen LogP contribution in [0.4, 0.5) is 14.6 Å². The number of hydrogen-bond acceptors (Lipinski definition) is 5. The third-order valence-electron chi connectivity index (χ3n) is 4.60. The Bertz CT molecular complexity index is 1060. The first kappa shape index (κ1) is 18.5. The van der Waals surface area contributed by atoms with Gasteiger partial charge in [-0.3, -0.25) is 0 Å². The average Bonchev–Trinajstić information content (AvgIpc) is 3.25. The minimum atomic E-state index is -3.88. The molecule has 0 radical (unpaired) electrons. The summed E-state index contributed by atoms with van der Waals surface area (Å²) in [6, 6.07) is 10.1. The summed E-state index contributed by atoms with van der Waals surface area (Å²) < 4.78 is 54.9. The summed E-state index contributed by atoms with van der Waals surface area (Å²) in [6.45, 7) is 1.26. The smallest absolute Gasteiger partial charge is 0.243 e. The van der Waals surface area contributed by atoms with E-state index in [1.807, 2.05) is 46.1 Å². The number of anilines is 1. The van der Waals surface area contributed by atoms with Crippen LogP contribution in [0.25, 0.3) is 5.82 Å². The Morgan fingerprint density at radius 3 is 2.07 bits per heavy atom. The van der Waals surface area contributed by atoms with Crippen LogP contribution >= 0.6 is 0 Å². The molecule has 0 spiro atoms. The molecule has 28 heavy (non-hydrogen) atoms. The number of sulfonamides is 1. The number of rotatable bonds is 4. The van der Waals surface area contributed by atoms with E-state index in [1.165, 1.54) is 4.31 Å². The quantitative estimate of drug-likeness (QED) is 0.665. The van der Waals surface area contributed by atoms with Crippen LogP contribution in [0.5, 0.6) is 0 Å². The van der Waals surface area contributed by atoms with Crippen LogP contribution in [0, 0.1) is 11.6 Å². The first-order valence-electron chi connectivity index (χ1n) is 8.62. The lowest BCUT2D eigenvalue weighted by Crippen LogP contribution is -2.49. The second-order valence-electron chi connectivity index (χ2n) is 6.31. The first-order chi connectivity index (χ1) is 13.4. The molecule has 0 unspecified atom stereocenters. The van der Waals surface area contributed by atoms with Gasteiger partial charge >= 0.3 is 0 Å². The van der Waals surface area contributed by atoms with Gasteiger partial charge in [0, 0.05) is 38.6 Å². The lowest BCUT2D eigenvalue weighted by molar-refractivity contribution is 0.383. The largest absolute Gasteiger partial charge is 0.352 e. The molecule has 1 aliphatic rings. The first-order valence-corrected chi connectivity index (χ1v) is 10.1. The maximum Gasteiger partial charge on any atom is 0.243 e. The van der Waals surface area contributed by atoms with Crippen molar-refractivity contribution in [3.05, 3.63) is 66.5 Å². The van der Waals surface area contributed by atoms with Crippen LogP contribution in [0.2, 0.25) is 0 Å². The zero-order valence-electron chi connectivity index (χ0n) is 14.7. The van der Waals surface area contributed by atoms with Gasteiger partial charge in [0.05, 0.1) is 4.90 Å². The van der Waals surface area contributed by atoms with Gasteiger partial charge in [-0.25, -0.2) is 17.2 Å². The number of hydrogen-bond donors (Lipinski definition) is 0. The maximum absolute atomic E-state index is 13.4. The van der Waals surface area contributed by atoms with Crippen molar-refractivity contribution in [1.82, 2.24) is 19.1 Å². The van der Waals surface area contributed by atoms with E-state index in [0.29, 0.717) is 30.8 Å². The number of nitrogens with zero attached hydrogens (tertiary/aromatic N) is 5. The number of halogens is 2. The molecule has 1 saturated heterocycles. The van der Waals surface area contributed by atoms with E-state index in [9.17, 15) is 17.2 Å². The minimum Gasteiger partial charge on any atom is -0.352 e. The van der Waals surface area contributed by atoms with E-state index in [4.69, 9.17) is 0 Å². The van der Waals surface area contributed by atoms with Gasteiger partial charge in [0.2, 0.25) is 10.0 Å². The third-order valence-corrected chi connectivity index (χ3v) is 6.49. The molecular weight excluding hydrogens is 388 g/mol. The predicted molar refractivity (Wildman–Crippen MR) is 98.7 cm³/mol. The van der Waals surface area contributed by atoms with Crippen molar-refractivity contribution in [2.24, 2.45) is 0 Å². The Hall–Kier alpha value is -2.85. The molecule has 0 amide bonds. The second-order valence-corrected chi connectivity index (χ2v) is 8.25. The Morgan fingerprint density at radius 2 is 1.46 bits per heavy atom. The lowest BCUT2D eigenvalue weighted by atomic mass is 10.3. The molecule has 1 aliphatic heterocycles. The molecule has 3 heterocycles. The molecule has 1 aromatic carbocycles. The van der Waals surface area contributed by atoms with E-state index >= 15 is 0 Å². The Labute approximate surface area is 160 Å². The van der Waals surface area contributed by atoms with Gasteiger partial charge in [-0.2, -0.15) is 4.31 Å². The minimum absolute atomic E-state index is 0.211. The van der Waals surface area contributed by atoms with Crippen molar-refractivity contribution in [2.75, 3.05) is 31.1 Å². The van der Waals surface area contributed by atoms with Crippen molar-refractivity contribution in [3.63, 3.8) is 0 Å². The van der Waals surface area contributed by atoms with Crippen LogP contribution < -0.4 is 4.90 Å². The van der Waals surface area contributed by atoms with E-state index in [1.54, 1.807) is 0 Å². The second kappa shape index (κ2) is 7.28. The van der Waals surface area contributed by atoms with E-state index in [-0.39, 0.29) is 18.0 Å². The highest BCUT2D eigenvalue weighted by Gasteiger charge is 2.29. The number of benzene rings is 1. The van der Waals surface area contributed by atoms with Gasteiger partial charge in [0.15, 0.2) is 23.3 Å². The molecule has 10 heteroatoms. The zero-order chi connectivity index (χ0) is 19.7. The normalized spacial score (nSPS) is 15.7. The fourth-order valence-electron chi connectivity index (χ4n) is 3.06. The van der Waals surface area contributed by atoms with Crippen LogP contribution in [0.15, 0.2) is 59.8 Å². The molecule has 0 atom stereocenters. The van der Waals surface area contributed by atoms with Crippen LogP contribution in [0.3, 0.4) is 0 Å². The van der Waals surface area contributed by atoms with Gasteiger partial charge in [-0.05, 0) is 42.5 Å². The van der Waals surface area contributed by atoms with Crippen molar-refractivity contribution >= 4 is 15.8 Å². The summed E-state index contributed by atoms with van der Waals surface area (Å²) in [7, 11) is -3.88. The van der Waals surface area contributed by atoms with Gasteiger partial charge in [-0.1, -0.05) is 0 Å². The number of piperazine rings is 1. The van der Waals surface area contributed by atoms with Gasteiger partial charge < -0.3 is 9.47 Å². The summed E-state index contributed by atoms with van der Waals surface area (Å²) in [5.74, 6) is -0.919. The Balaban J connectivity index is 1.44. The van der Waals surface area contributed by atoms with Gasteiger partial charge in [0.25, 0.3) is 0 Å². The summed E-state index contributed by atoms with van der Waals surface area (Å²) >= 11 is 0. The van der Waals surface area contributed by atoms with E-state index in [2.05, 4.69) is 10.2 Å². The van der Waals surface area contributed by atoms with Crippen molar-refractivity contribution < 1.29 is 17.2 Å². The molecule has 3 aromatic rings. The fraction of sp³-hybridized carbons (Fsp3) is 0.222. The molecule has 7 nitrogen and oxygen atoms in total. The monoisotopic (exact) mass is 405 g/mol. The molecule has 1 fully saturated rings. The highest BCUT2D eigenvalue weighted by Crippen LogP contribution is 2.21. The highest BCUT2D eigenvalue weighted by atomic mass is 32.2. The Kier molecular flexibility index (Phi) is 4.82. The lowest BCUT2D eigenvalue weighted by Gasteiger charge is -2.34. The molecular formula is C18H17F2N5O2S. The summed E-state index contributed by atoms with van der Waals surface area (Å²) in [6.07, 6.45) is 3.73. The molecule has 146 valence electrons. The Morgan fingerprint density at radius 1 is 0.821 bits per heavy atom. The van der Waals surface area contributed by atoms with Crippen LogP contribution in [-0.4, -0.2) is 53.7 Å². The number of aromatic nitrogens is 3. The van der Waals surface area contributed by atoms with Crippen molar-refractivity contribution in [3.8, 4) is 5.82 Å². The third kappa shape index (κ3) is 3.48. The summed E-state index contributed by atoms with van der Waals surface area (Å²) in [5, 5.41) is 8.41. The van der Waals surface area contributed by atoms with Crippen molar-refractivity contribution in [1.29, 1.82) is 0 Å². The summed E-state index contributed by atoms with van der Waals surface area (Å²) in [4.78, 5) is 1.68. The van der Waals surface area contributed by atoms with Gasteiger partial charge in [0.1, 0.15) is 0 Å². The van der Waals surface area contributed by atoms with Crippen LogP contribution in [-0.2, 0) is 10.0 Å². The van der Waals surface area contributed by atoms with E-state index in [0.717, 1.165) is 12.1 Å². The van der Waals surface area contributed by atoms with Crippen molar-refractivity contribution in [2.45, 2.75) is 4.90 Å². The van der Waals surface area contributed by atoms with Crippen LogP contribution in [0.1, 0.15) is 0 Å². The van der Waals surface area contributed by atoms with Gasteiger partial charge in [-0.15, -0.1) is 10.2 Å². The molecule has 0 aliphatic carbocycles.